The van der Waals surface area contributed by atoms with Crippen LogP contribution in [0.25, 0.3) is 33.6 Å². The Morgan fingerprint density at radius 1 is 0.879 bits per heavy atom. The maximum absolute atomic E-state index is 14.7. The molecule has 4 nitrogen and oxygen atoms in total. The largest absolute Gasteiger partial charge is 0.495 e. The zero-order valence-electron chi connectivity index (χ0n) is 16.8. The summed E-state index contributed by atoms with van der Waals surface area (Å²) in [6.45, 7) is 0. The number of pyridine rings is 1. The van der Waals surface area contributed by atoms with Crippen LogP contribution in [0.5, 0.6) is 5.75 Å². The molecular formula is C23H13Cl2F4N3O. The zero-order valence-corrected chi connectivity index (χ0v) is 18.3. The van der Waals surface area contributed by atoms with Crippen molar-refractivity contribution >= 4 is 23.2 Å². The van der Waals surface area contributed by atoms with Gasteiger partial charge >= 0.3 is 6.18 Å². The third kappa shape index (κ3) is 4.49. The van der Waals surface area contributed by atoms with Crippen LogP contribution >= 0.6 is 23.2 Å². The van der Waals surface area contributed by atoms with Gasteiger partial charge < -0.3 is 4.74 Å². The summed E-state index contributed by atoms with van der Waals surface area (Å²) in [5, 5.41) is 7.48. The molecule has 0 atom stereocenters. The van der Waals surface area contributed by atoms with Gasteiger partial charge in [0.1, 0.15) is 17.3 Å². The molecule has 0 N–H and O–H groups in total. The lowest BCUT2D eigenvalue weighted by Gasteiger charge is -2.19. The number of methoxy groups -OCH3 is 1. The molecule has 0 aliphatic rings. The minimum Gasteiger partial charge on any atom is -0.495 e. The zero-order chi connectivity index (χ0) is 23.8. The standard InChI is InChI=1S/C23H13Cl2F4N3O/c1-33-14-10-16(25)21(30-11-14)19-18(12-6-8-13(24)9-7-12)20(15-4-2-3-5-17(15)26)31-32-22(19)23(27,28)29/h2-11H,1H3. The van der Waals surface area contributed by atoms with Gasteiger partial charge in [0.2, 0.25) is 0 Å². The van der Waals surface area contributed by atoms with E-state index in [-0.39, 0.29) is 33.3 Å². The second kappa shape index (κ2) is 8.96. The molecule has 0 aliphatic heterocycles. The molecule has 0 aliphatic carbocycles. The van der Waals surface area contributed by atoms with Gasteiger partial charge in [-0.1, -0.05) is 47.5 Å². The fraction of sp³-hybridized carbons (Fsp3) is 0.0870. The van der Waals surface area contributed by atoms with E-state index in [0.29, 0.717) is 10.6 Å². The molecule has 4 aromatic rings. The Hall–Kier alpha value is -3.23. The second-order valence-electron chi connectivity index (χ2n) is 6.84. The maximum Gasteiger partial charge on any atom is 0.435 e. The normalized spacial score (nSPS) is 11.5. The van der Waals surface area contributed by atoms with Crippen LogP contribution < -0.4 is 4.74 Å². The summed E-state index contributed by atoms with van der Waals surface area (Å²) in [6.07, 6.45) is -3.67. The summed E-state index contributed by atoms with van der Waals surface area (Å²) >= 11 is 12.3. The van der Waals surface area contributed by atoms with Crippen LogP contribution in [0, 0.1) is 5.82 Å². The van der Waals surface area contributed by atoms with Crippen LogP contribution in [0.4, 0.5) is 17.6 Å². The highest BCUT2D eigenvalue weighted by Crippen LogP contribution is 2.46. The summed E-state index contributed by atoms with van der Waals surface area (Å²) in [7, 11) is 1.37. The highest BCUT2D eigenvalue weighted by Gasteiger charge is 2.40. The van der Waals surface area contributed by atoms with Crippen LogP contribution in [-0.4, -0.2) is 22.3 Å². The molecule has 0 bridgehead atoms. The van der Waals surface area contributed by atoms with Gasteiger partial charge in [0, 0.05) is 27.8 Å². The first-order chi connectivity index (χ1) is 15.7. The van der Waals surface area contributed by atoms with Gasteiger partial charge in [0.05, 0.1) is 24.0 Å². The first-order valence-corrected chi connectivity index (χ1v) is 10.1. The summed E-state index contributed by atoms with van der Waals surface area (Å²) in [4.78, 5) is 4.11. The number of benzene rings is 2. The van der Waals surface area contributed by atoms with Crippen LogP contribution in [0.15, 0.2) is 60.8 Å². The number of aromatic nitrogens is 3. The Bertz CT molecular complexity index is 1330. The van der Waals surface area contributed by atoms with Gasteiger partial charge in [-0.3, -0.25) is 4.98 Å². The van der Waals surface area contributed by atoms with Crippen molar-refractivity contribution in [2.24, 2.45) is 0 Å². The average molecular weight is 494 g/mol. The Kier molecular flexibility index (Phi) is 6.23. The molecule has 0 radical (unpaired) electrons. The van der Waals surface area contributed by atoms with Crippen LogP contribution in [-0.2, 0) is 6.18 Å². The number of hydrogen-bond acceptors (Lipinski definition) is 4. The molecule has 10 heteroatoms. The third-order valence-corrected chi connectivity index (χ3v) is 5.33. The third-order valence-electron chi connectivity index (χ3n) is 4.79. The number of alkyl halides is 3. The number of halogens is 6. The van der Waals surface area contributed by atoms with Gasteiger partial charge in [-0.15, -0.1) is 10.2 Å². The van der Waals surface area contributed by atoms with Crippen molar-refractivity contribution in [1.29, 1.82) is 0 Å². The lowest BCUT2D eigenvalue weighted by atomic mass is 9.91. The first-order valence-electron chi connectivity index (χ1n) is 9.39. The molecule has 2 aromatic heterocycles. The van der Waals surface area contributed by atoms with Gasteiger partial charge in [-0.05, 0) is 29.8 Å². The lowest BCUT2D eigenvalue weighted by molar-refractivity contribution is -0.141. The number of rotatable bonds is 4. The smallest absolute Gasteiger partial charge is 0.435 e. The molecule has 4 rings (SSSR count). The molecular weight excluding hydrogens is 481 g/mol. The average Bonchev–Trinajstić information content (AvgIpc) is 2.78. The van der Waals surface area contributed by atoms with E-state index in [2.05, 4.69) is 15.2 Å². The summed E-state index contributed by atoms with van der Waals surface area (Å²) < 4.78 is 62.0. The van der Waals surface area contributed by atoms with E-state index in [1.807, 2.05) is 0 Å². The highest BCUT2D eigenvalue weighted by atomic mass is 35.5. The molecule has 0 unspecified atom stereocenters. The summed E-state index contributed by atoms with van der Waals surface area (Å²) in [5.74, 6) is -0.428. The van der Waals surface area contributed by atoms with E-state index in [9.17, 15) is 17.6 Å². The van der Waals surface area contributed by atoms with E-state index in [0.717, 1.165) is 0 Å². The molecule has 0 saturated carbocycles. The van der Waals surface area contributed by atoms with E-state index in [4.69, 9.17) is 27.9 Å². The van der Waals surface area contributed by atoms with Gasteiger partial charge in [0.25, 0.3) is 0 Å². The van der Waals surface area contributed by atoms with Crippen LogP contribution in [0.3, 0.4) is 0 Å². The van der Waals surface area contributed by atoms with Gasteiger partial charge in [-0.2, -0.15) is 13.2 Å². The molecule has 2 heterocycles. The van der Waals surface area contributed by atoms with E-state index < -0.39 is 23.3 Å². The molecule has 0 spiro atoms. The van der Waals surface area contributed by atoms with Crippen molar-refractivity contribution in [3.8, 4) is 39.4 Å². The monoisotopic (exact) mass is 493 g/mol. The highest BCUT2D eigenvalue weighted by molar-refractivity contribution is 6.33. The van der Waals surface area contributed by atoms with Crippen molar-refractivity contribution < 1.29 is 22.3 Å². The second-order valence-corrected chi connectivity index (χ2v) is 7.68. The summed E-state index contributed by atoms with van der Waals surface area (Å²) in [6, 6.07) is 12.9. The number of nitrogens with zero attached hydrogens (tertiary/aromatic N) is 3. The quantitative estimate of drug-likeness (QED) is 0.279. The van der Waals surface area contributed by atoms with Gasteiger partial charge in [-0.25, -0.2) is 4.39 Å². The van der Waals surface area contributed by atoms with Crippen LogP contribution in [0.1, 0.15) is 5.69 Å². The first kappa shape index (κ1) is 22.9. The predicted molar refractivity (Wildman–Crippen MR) is 118 cm³/mol. The fourth-order valence-corrected chi connectivity index (χ4v) is 3.70. The van der Waals surface area contributed by atoms with Crippen molar-refractivity contribution in [1.82, 2.24) is 15.2 Å². The molecule has 0 fully saturated rings. The van der Waals surface area contributed by atoms with Crippen molar-refractivity contribution in [2.45, 2.75) is 6.18 Å². The Balaban J connectivity index is 2.17. The topological polar surface area (TPSA) is 47.9 Å². The fourth-order valence-electron chi connectivity index (χ4n) is 3.32. The number of hydrogen-bond donors (Lipinski definition) is 0. The van der Waals surface area contributed by atoms with E-state index in [1.165, 1.54) is 61.8 Å². The Morgan fingerprint density at radius 2 is 1.58 bits per heavy atom. The molecule has 0 amide bonds. The molecule has 0 saturated heterocycles. The number of ether oxygens (including phenoxy) is 1. The van der Waals surface area contributed by atoms with Crippen molar-refractivity contribution in [3.63, 3.8) is 0 Å². The maximum atomic E-state index is 14.7. The predicted octanol–water partition coefficient (Wildman–Crippen LogP) is 7.35. The summed E-state index contributed by atoms with van der Waals surface area (Å²) in [5.41, 5.74) is -1.85. The molecule has 2 aromatic carbocycles. The minimum atomic E-state index is -4.90. The van der Waals surface area contributed by atoms with Crippen LogP contribution in [0.2, 0.25) is 10.0 Å². The van der Waals surface area contributed by atoms with Crippen molar-refractivity contribution in [3.05, 3.63) is 82.4 Å². The van der Waals surface area contributed by atoms with E-state index in [1.54, 1.807) is 6.07 Å². The van der Waals surface area contributed by atoms with E-state index >= 15 is 0 Å². The SMILES string of the molecule is COc1cnc(-c2c(C(F)(F)F)nnc(-c3ccccc3F)c2-c2ccc(Cl)cc2)c(Cl)c1. The van der Waals surface area contributed by atoms with Gasteiger partial charge in [0.15, 0.2) is 5.69 Å². The Labute approximate surface area is 195 Å². The molecule has 33 heavy (non-hydrogen) atoms. The Morgan fingerprint density at radius 3 is 2.18 bits per heavy atom. The lowest BCUT2D eigenvalue weighted by Crippen LogP contribution is -2.14. The van der Waals surface area contributed by atoms with Crippen molar-refractivity contribution in [2.75, 3.05) is 7.11 Å². The molecule has 168 valence electrons. The minimum absolute atomic E-state index is 0.0328.